The molecule has 0 amide bonds. The molecule has 1 aliphatic carbocycles. The van der Waals surface area contributed by atoms with Gasteiger partial charge in [0.1, 0.15) is 0 Å². The van der Waals surface area contributed by atoms with Crippen LogP contribution < -0.4 is 9.75 Å². The summed E-state index contributed by atoms with van der Waals surface area (Å²) in [5.74, 6) is 1.35. The Kier molecular flexibility index (Phi) is 4.06. The molecule has 1 saturated carbocycles. The van der Waals surface area contributed by atoms with Crippen LogP contribution in [0, 0.1) is 11.8 Å². The molecule has 0 N–H and O–H groups in total. The molecule has 1 aliphatic heterocycles. The van der Waals surface area contributed by atoms with E-state index in [4.69, 9.17) is 9.84 Å². The normalized spacial score (nSPS) is 26.0. The van der Waals surface area contributed by atoms with Crippen molar-refractivity contribution in [1.29, 1.82) is 0 Å². The second-order valence-electron chi connectivity index (χ2n) is 6.38. The fourth-order valence-corrected chi connectivity index (χ4v) is 4.61. The Morgan fingerprint density at radius 1 is 1.29 bits per heavy atom. The van der Waals surface area contributed by atoms with Gasteiger partial charge in [-0.2, -0.15) is 10.1 Å². The number of fused-ring (bicyclic) bond motifs is 1. The summed E-state index contributed by atoms with van der Waals surface area (Å²) in [7, 11) is 0. The van der Waals surface area contributed by atoms with Crippen molar-refractivity contribution in [1.82, 2.24) is 4.98 Å². The van der Waals surface area contributed by atoms with E-state index < -0.39 is 0 Å². The summed E-state index contributed by atoms with van der Waals surface area (Å²) < 4.78 is 4.86. The van der Waals surface area contributed by atoms with E-state index in [0.717, 1.165) is 17.3 Å². The lowest BCUT2D eigenvalue weighted by molar-refractivity contribution is -0.120. The first-order valence-corrected chi connectivity index (χ1v) is 9.15. The number of hydrogen-bond acceptors (Lipinski definition) is 6. The van der Waals surface area contributed by atoms with Crippen molar-refractivity contribution in [3.8, 4) is 5.88 Å². The number of hydrogen-bond donors (Lipinski definition) is 0. The molecule has 3 unspecified atom stereocenters. The summed E-state index contributed by atoms with van der Waals surface area (Å²) in [6.07, 6.45) is 3.55. The van der Waals surface area contributed by atoms with E-state index in [-0.39, 0.29) is 0 Å². The van der Waals surface area contributed by atoms with Gasteiger partial charge in [0.2, 0.25) is 11.0 Å². The van der Waals surface area contributed by atoms with Crippen LogP contribution in [0.1, 0.15) is 31.7 Å². The molecule has 4 rings (SSSR count). The number of carbonyl (C=O) groups is 1. The Morgan fingerprint density at radius 2 is 2.12 bits per heavy atom. The quantitative estimate of drug-likeness (QED) is 0.796. The largest absolute Gasteiger partial charge is 0.409 e. The Labute approximate surface area is 145 Å². The standard InChI is InChI=1S/C18H19N3O2S/c1-12-6-5-9-14-16(12)17(13-7-3-2-4-8-13)20-21(14)18-19-15(10-24-18)23-11-22/h2-4,7-8,10-12,14,16H,5-6,9H2,1H3. The summed E-state index contributed by atoms with van der Waals surface area (Å²) >= 11 is 1.46. The van der Waals surface area contributed by atoms with Gasteiger partial charge in [-0.1, -0.05) is 55.0 Å². The van der Waals surface area contributed by atoms with Crippen LogP contribution in [0.15, 0.2) is 40.8 Å². The summed E-state index contributed by atoms with van der Waals surface area (Å²) in [4.78, 5) is 14.9. The van der Waals surface area contributed by atoms with Crippen molar-refractivity contribution in [2.75, 3.05) is 5.01 Å². The third-order valence-electron chi connectivity index (χ3n) is 4.94. The molecular formula is C18H19N3O2S. The molecule has 124 valence electrons. The average molecular weight is 341 g/mol. The monoisotopic (exact) mass is 341 g/mol. The maximum Gasteiger partial charge on any atom is 0.299 e. The van der Waals surface area contributed by atoms with Crippen molar-refractivity contribution in [3.05, 3.63) is 41.3 Å². The van der Waals surface area contributed by atoms with Gasteiger partial charge in [-0.15, -0.1) is 0 Å². The second kappa shape index (κ2) is 6.36. The SMILES string of the molecule is CC1CCCC2C1C(c1ccccc1)=NN2c1nc(OC=O)cs1. The number of anilines is 1. The highest BCUT2D eigenvalue weighted by Crippen LogP contribution is 2.43. The number of nitrogens with zero attached hydrogens (tertiary/aromatic N) is 3. The number of carbonyl (C=O) groups excluding carboxylic acids is 1. The first-order valence-electron chi connectivity index (χ1n) is 8.27. The van der Waals surface area contributed by atoms with Gasteiger partial charge in [-0.3, -0.25) is 4.79 Å². The smallest absolute Gasteiger partial charge is 0.299 e. The molecule has 0 saturated heterocycles. The molecule has 2 heterocycles. The molecule has 1 aromatic heterocycles. The van der Waals surface area contributed by atoms with Crippen molar-refractivity contribution in [2.24, 2.45) is 16.9 Å². The van der Waals surface area contributed by atoms with E-state index in [2.05, 4.69) is 36.2 Å². The molecule has 5 nitrogen and oxygen atoms in total. The van der Waals surface area contributed by atoms with Gasteiger partial charge in [0, 0.05) is 5.92 Å². The van der Waals surface area contributed by atoms with Gasteiger partial charge >= 0.3 is 0 Å². The van der Waals surface area contributed by atoms with Crippen LogP contribution in [0.5, 0.6) is 5.88 Å². The summed E-state index contributed by atoms with van der Waals surface area (Å²) in [5, 5.41) is 9.54. The maximum absolute atomic E-state index is 10.5. The van der Waals surface area contributed by atoms with E-state index in [0.29, 0.717) is 30.2 Å². The molecule has 0 bridgehead atoms. The average Bonchev–Trinajstić information content (AvgIpc) is 3.21. The molecule has 2 aliphatic rings. The van der Waals surface area contributed by atoms with Crippen molar-refractivity contribution in [2.45, 2.75) is 32.2 Å². The fourth-order valence-electron chi connectivity index (χ4n) is 3.87. The van der Waals surface area contributed by atoms with Gasteiger partial charge in [-0.05, 0) is 24.3 Å². The van der Waals surface area contributed by atoms with E-state index in [9.17, 15) is 4.79 Å². The van der Waals surface area contributed by atoms with Gasteiger partial charge in [0.15, 0.2) is 0 Å². The maximum atomic E-state index is 10.5. The van der Waals surface area contributed by atoms with Crippen LogP contribution >= 0.6 is 11.3 Å². The van der Waals surface area contributed by atoms with Gasteiger partial charge < -0.3 is 4.74 Å². The number of hydrazone groups is 1. The van der Waals surface area contributed by atoms with E-state index in [1.807, 2.05) is 11.1 Å². The third-order valence-corrected chi connectivity index (χ3v) is 5.75. The summed E-state index contributed by atoms with van der Waals surface area (Å²) in [6, 6.07) is 10.7. The Morgan fingerprint density at radius 3 is 2.92 bits per heavy atom. The molecule has 6 heteroatoms. The van der Waals surface area contributed by atoms with Crippen LogP contribution in [-0.2, 0) is 4.79 Å². The lowest BCUT2D eigenvalue weighted by Gasteiger charge is -2.34. The van der Waals surface area contributed by atoms with Gasteiger partial charge in [0.25, 0.3) is 6.47 Å². The van der Waals surface area contributed by atoms with Crippen molar-refractivity contribution < 1.29 is 9.53 Å². The second-order valence-corrected chi connectivity index (χ2v) is 7.22. The molecule has 2 aromatic rings. The predicted molar refractivity (Wildman–Crippen MR) is 94.6 cm³/mol. The van der Waals surface area contributed by atoms with Crippen LogP contribution in [0.2, 0.25) is 0 Å². The number of ether oxygens (including phenoxy) is 1. The molecule has 1 fully saturated rings. The first-order chi connectivity index (χ1) is 11.8. The highest BCUT2D eigenvalue weighted by molar-refractivity contribution is 7.13. The highest BCUT2D eigenvalue weighted by Gasteiger charge is 2.44. The Hall–Kier alpha value is -2.21. The number of rotatable bonds is 4. The summed E-state index contributed by atoms with van der Waals surface area (Å²) in [6.45, 7) is 2.73. The van der Waals surface area contributed by atoms with Crippen molar-refractivity contribution in [3.63, 3.8) is 0 Å². The lowest BCUT2D eigenvalue weighted by atomic mass is 9.73. The van der Waals surface area contributed by atoms with E-state index in [1.54, 1.807) is 5.38 Å². The minimum Gasteiger partial charge on any atom is -0.409 e. The molecule has 24 heavy (non-hydrogen) atoms. The van der Waals surface area contributed by atoms with Gasteiger partial charge in [-0.25, -0.2) is 5.01 Å². The van der Waals surface area contributed by atoms with Gasteiger partial charge in [0.05, 0.1) is 17.1 Å². The zero-order chi connectivity index (χ0) is 16.5. The highest BCUT2D eigenvalue weighted by atomic mass is 32.1. The van der Waals surface area contributed by atoms with Crippen molar-refractivity contribution >= 4 is 28.7 Å². The van der Waals surface area contributed by atoms with Crippen LogP contribution in [0.25, 0.3) is 0 Å². The first kappa shape index (κ1) is 15.3. The summed E-state index contributed by atoms with van der Waals surface area (Å²) in [5.41, 5.74) is 2.34. The fraction of sp³-hybridized carbons (Fsp3) is 0.389. The third kappa shape index (κ3) is 2.60. The minimum atomic E-state index is 0.333. The Balaban J connectivity index is 1.73. The number of benzene rings is 1. The molecule has 1 aromatic carbocycles. The predicted octanol–water partition coefficient (Wildman–Crippen LogP) is 3.71. The zero-order valence-electron chi connectivity index (χ0n) is 13.5. The van der Waals surface area contributed by atoms with Crippen LogP contribution in [0.4, 0.5) is 5.13 Å². The zero-order valence-corrected chi connectivity index (χ0v) is 14.3. The Bertz CT molecular complexity index is 759. The van der Waals surface area contributed by atoms with E-state index >= 15 is 0 Å². The molecule has 0 spiro atoms. The van der Waals surface area contributed by atoms with Crippen LogP contribution in [-0.4, -0.2) is 23.2 Å². The number of aromatic nitrogens is 1. The topological polar surface area (TPSA) is 54.8 Å². The lowest BCUT2D eigenvalue weighted by Crippen LogP contribution is -2.40. The van der Waals surface area contributed by atoms with Crippen LogP contribution in [0.3, 0.4) is 0 Å². The van der Waals surface area contributed by atoms with E-state index in [1.165, 1.54) is 29.7 Å². The molecular weight excluding hydrogens is 322 g/mol. The number of thiazole rings is 1. The molecule has 3 atom stereocenters. The molecule has 0 radical (unpaired) electrons. The minimum absolute atomic E-state index is 0.333.